The van der Waals surface area contributed by atoms with Crippen LogP contribution in [0, 0.1) is 6.92 Å². The minimum Gasteiger partial charge on any atom is -0.480 e. The Morgan fingerprint density at radius 3 is 2.40 bits per heavy atom. The summed E-state index contributed by atoms with van der Waals surface area (Å²) in [4.78, 5) is 22.5. The molecule has 234 valence electrons. The minimum atomic E-state index is -0.818. The molecule has 0 saturated carbocycles. The van der Waals surface area contributed by atoms with Gasteiger partial charge in [-0.3, -0.25) is 14.6 Å². The van der Waals surface area contributed by atoms with Crippen LogP contribution in [0.2, 0.25) is 0 Å². The number of nitrogens with zero attached hydrogens (tertiary/aromatic N) is 4. The number of para-hydroxylation sites is 2. The molecule has 0 amide bonds. The van der Waals surface area contributed by atoms with E-state index in [-0.39, 0.29) is 12.2 Å². The van der Waals surface area contributed by atoms with Crippen molar-refractivity contribution in [1.82, 2.24) is 19.4 Å². The van der Waals surface area contributed by atoms with Crippen molar-refractivity contribution in [3.05, 3.63) is 89.7 Å². The summed E-state index contributed by atoms with van der Waals surface area (Å²) in [5.41, 5.74) is 4.54. The molecule has 8 rings (SSSR count). The van der Waals surface area contributed by atoms with Gasteiger partial charge in [0, 0.05) is 31.2 Å². The number of carbonyl (C=O) groups is 1. The molecule has 8 heteroatoms. The average molecular weight is 607 g/mol. The van der Waals surface area contributed by atoms with E-state index in [4.69, 9.17) is 14.5 Å². The van der Waals surface area contributed by atoms with E-state index in [9.17, 15) is 9.90 Å². The van der Waals surface area contributed by atoms with Gasteiger partial charge in [-0.1, -0.05) is 48.5 Å². The standard InChI is InChI=1S/C37H42N4O4/c1-25-38-31-9-5-6-10-32(31)41(25)30-22-28-12-13-29(23-30)40(28)20-17-37(27-7-3-2-4-8-27)15-18-39(19-16-37)35(36(42)43)26-11-14-33-34(21-26)45-24-44-33/h2-11,14,21,28-30,35H,12-13,15-20,22-24H2,1H3,(H,42,43)/t28-,29+,30?,35?. The lowest BCUT2D eigenvalue weighted by atomic mass is 9.70. The molecule has 4 aromatic rings. The summed E-state index contributed by atoms with van der Waals surface area (Å²) in [7, 11) is 0. The predicted molar refractivity (Wildman–Crippen MR) is 173 cm³/mol. The van der Waals surface area contributed by atoms with Crippen LogP contribution in [0.15, 0.2) is 72.8 Å². The van der Waals surface area contributed by atoms with Crippen LogP contribution in [-0.4, -0.2) is 68.9 Å². The van der Waals surface area contributed by atoms with E-state index in [2.05, 4.69) is 75.9 Å². The molecular formula is C37H42N4O4. The highest BCUT2D eigenvalue weighted by molar-refractivity contribution is 5.76. The number of piperidine rings is 2. The van der Waals surface area contributed by atoms with Crippen molar-refractivity contribution in [1.29, 1.82) is 0 Å². The summed E-state index contributed by atoms with van der Waals surface area (Å²) in [5, 5.41) is 10.4. The first kappa shape index (κ1) is 28.6. The molecule has 4 aliphatic heterocycles. The number of rotatable bonds is 8. The number of likely N-dealkylation sites (tertiary alicyclic amines) is 1. The number of aliphatic carboxylic acids is 1. The molecule has 3 aromatic carbocycles. The van der Waals surface area contributed by atoms with Crippen LogP contribution < -0.4 is 9.47 Å². The number of aromatic nitrogens is 2. The lowest BCUT2D eigenvalue weighted by Crippen LogP contribution is -2.49. The third-order valence-corrected chi connectivity index (χ3v) is 11.3. The third kappa shape index (κ3) is 5.08. The first-order valence-corrected chi connectivity index (χ1v) is 16.6. The largest absolute Gasteiger partial charge is 0.480 e. The quantitative estimate of drug-likeness (QED) is 0.246. The SMILES string of the molecule is Cc1nc2ccccc2n1C1C[C@H]2CC[C@@H](C1)N2CCC1(c2ccccc2)CCN(C(C(=O)O)c2ccc3c(c2)OCO3)CC1. The van der Waals surface area contributed by atoms with E-state index in [1.807, 2.05) is 18.2 Å². The van der Waals surface area contributed by atoms with Crippen molar-refractivity contribution in [2.45, 2.75) is 81.5 Å². The molecule has 4 atom stereocenters. The van der Waals surface area contributed by atoms with Gasteiger partial charge in [-0.25, -0.2) is 4.98 Å². The molecule has 0 aliphatic carbocycles. The van der Waals surface area contributed by atoms with E-state index in [0.717, 1.165) is 55.8 Å². The Morgan fingerprint density at radius 1 is 0.933 bits per heavy atom. The summed E-state index contributed by atoms with van der Waals surface area (Å²) < 4.78 is 13.5. The molecule has 0 spiro atoms. The average Bonchev–Trinajstić information content (AvgIpc) is 3.73. The van der Waals surface area contributed by atoms with Crippen molar-refractivity contribution in [2.24, 2.45) is 0 Å². The Balaban J connectivity index is 0.990. The molecule has 45 heavy (non-hydrogen) atoms. The normalized spacial score (nSPS) is 25.0. The van der Waals surface area contributed by atoms with E-state index in [0.29, 0.717) is 29.6 Å². The van der Waals surface area contributed by atoms with E-state index < -0.39 is 12.0 Å². The van der Waals surface area contributed by atoms with Crippen LogP contribution in [0.4, 0.5) is 0 Å². The van der Waals surface area contributed by atoms with Crippen molar-refractivity contribution in [3.8, 4) is 11.5 Å². The molecule has 8 nitrogen and oxygen atoms in total. The first-order chi connectivity index (χ1) is 22.0. The van der Waals surface area contributed by atoms with Crippen molar-refractivity contribution in [3.63, 3.8) is 0 Å². The number of imidazole rings is 1. The number of benzene rings is 3. The van der Waals surface area contributed by atoms with Crippen molar-refractivity contribution >= 4 is 17.0 Å². The summed E-state index contributed by atoms with van der Waals surface area (Å²) in [6.07, 6.45) is 7.88. The molecule has 2 unspecified atom stereocenters. The van der Waals surface area contributed by atoms with E-state index in [1.165, 1.54) is 36.8 Å². The van der Waals surface area contributed by atoms with Crippen molar-refractivity contribution in [2.75, 3.05) is 26.4 Å². The fourth-order valence-corrected chi connectivity index (χ4v) is 9.07. The van der Waals surface area contributed by atoms with Gasteiger partial charge in [0.15, 0.2) is 11.5 Å². The monoisotopic (exact) mass is 606 g/mol. The molecule has 1 N–H and O–H groups in total. The van der Waals surface area contributed by atoms with Gasteiger partial charge in [-0.05, 0) is 99.2 Å². The maximum absolute atomic E-state index is 12.6. The summed E-state index contributed by atoms with van der Waals surface area (Å²) in [6, 6.07) is 26.1. The highest BCUT2D eigenvalue weighted by Gasteiger charge is 2.45. The molecule has 3 saturated heterocycles. The number of carboxylic acids is 1. The fraction of sp³-hybridized carbons (Fsp3) is 0.459. The first-order valence-electron chi connectivity index (χ1n) is 16.6. The summed E-state index contributed by atoms with van der Waals surface area (Å²) >= 11 is 0. The zero-order valence-corrected chi connectivity index (χ0v) is 26.0. The minimum absolute atomic E-state index is 0.0309. The molecule has 5 heterocycles. The number of aryl methyl sites for hydroxylation is 1. The zero-order valence-electron chi connectivity index (χ0n) is 26.0. The number of hydrogen-bond acceptors (Lipinski definition) is 6. The topological polar surface area (TPSA) is 80.1 Å². The lowest BCUT2D eigenvalue weighted by Gasteiger charge is -2.46. The molecule has 2 bridgehead atoms. The van der Waals surface area contributed by atoms with Gasteiger partial charge in [-0.2, -0.15) is 0 Å². The van der Waals surface area contributed by atoms with Crippen LogP contribution in [0.1, 0.15) is 74.0 Å². The Morgan fingerprint density at radius 2 is 1.64 bits per heavy atom. The van der Waals surface area contributed by atoms with Crippen molar-refractivity contribution < 1.29 is 19.4 Å². The van der Waals surface area contributed by atoms with Gasteiger partial charge in [0.2, 0.25) is 6.79 Å². The Hall–Kier alpha value is -3.88. The second-order valence-corrected chi connectivity index (χ2v) is 13.6. The number of carboxylic acid groups (broad SMARTS) is 1. The molecule has 3 fully saturated rings. The maximum atomic E-state index is 12.6. The van der Waals surface area contributed by atoms with Crippen LogP contribution in [0.25, 0.3) is 11.0 Å². The third-order valence-electron chi connectivity index (χ3n) is 11.3. The summed E-state index contributed by atoms with van der Waals surface area (Å²) in [5.74, 6) is 1.62. The van der Waals surface area contributed by atoms with Gasteiger partial charge < -0.3 is 19.1 Å². The van der Waals surface area contributed by atoms with Crippen LogP contribution in [0.5, 0.6) is 11.5 Å². The number of ether oxygens (including phenoxy) is 2. The van der Waals surface area contributed by atoms with Gasteiger partial charge >= 0.3 is 5.97 Å². The highest BCUT2D eigenvalue weighted by atomic mass is 16.7. The Labute approximate surface area is 264 Å². The van der Waals surface area contributed by atoms with E-state index >= 15 is 0 Å². The van der Waals surface area contributed by atoms with E-state index in [1.54, 1.807) is 0 Å². The second kappa shape index (κ2) is 11.5. The van der Waals surface area contributed by atoms with Gasteiger partial charge in [-0.15, -0.1) is 0 Å². The molecule has 1 aromatic heterocycles. The zero-order chi connectivity index (χ0) is 30.5. The van der Waals surface area contributed by atoms with Crippen LogP contribution in [0.3, 0.4) is 0 Å². The van der Waals surface area contributed by atoms with Gasteiger partial charge in [0.1, 0.15) is 11.9 Å². The molecular weight excluding hydrogens is 564 g/mol. The molecule has 0 radical (unpaired) electrons. The lowest BCUT2D eigenvalue weighted by molar-refractivity contribution is -0.144. The number of fused-ring (bicyclic) bond motifs is 4. The van der Waals surface area contributed by atoms with Gasteiger partial charge in [0.25, 0.3) is 0 Å². The van der Waals surface area contributed by atoms with Crippen LogP contribution >= 0.6 is 0 Å². The smallest absolute Gasteiger partial charge is 0.325 e. The van der Waals surface area contributed by atoms with Crippen LogP contribution in [-0.2, 0) is 10.2 Å². The Kier molecular flexibility index (Phi) is 7.29. The fourth-order valence-electron chi connectivity index (χ4n) is 9.07. The van der Waals surface area contributed by atoms with Gasteiger partial charge in [0.05, 0.1) is 11.0 Å². The second-order valence-electron chi connectivity index (χ2n) is 13.6. The number of hydrogen-bond donors (Lipinski definition) is 1. The molecule has 4 aliphatic rings. The highest BCUT2D eigenvalue weighted by Crippen LogP contribution is 2.46. The maximum Gasteiger partial charge on any atom is 0.325 e. The summed E-state index contributed by atoms with van der Waals surface area (Å²) in [6.45, 7) is 4.90. The predicted octanol–water partition coefficient (Wildman–Crippen LogP) is 6.49. The Bertz CT molecular complexity index is 1680.